The Balaban J connectivity index is 3.09. The topological polar surface area (TPSA) is 83.7 Å². The molecule has 0 aliphatic heterocycles. The lowest BCUT2D eigenvalue weighted by Gasteiger charge is -2.21. The molecule has 1 N–H and O–H groups in total. The second kappa shape index (κ2) is 6.17. The maximum atomic E-state index is 11.1. The van der Waals surface area contributed by atoms with Gasteiger partial charge in [0.15, 0.2) is 0 Å². The molecule has 1 rings (SSSR count). The number of nitro groups is 1. The van der Waals surface area contributed by atoms with E-state index in [-0.39, 0.29) is 11.3 Å². The lowest BCUT2D eigenvalue weighted by atomic mass is 10.1. The Morgan fingerprint density at radius 1 is 1.47 bits per heavy atom. The summed E-state index contributed by atoms with van der Waals surface area (Å²) in [5.74, 6) is -0.601. The normalized spacial score (nSPS) is 10.5. The number of non-ortho nitro benzene ring substituents is 1. The van der Waals surface area contributed by atoms with Crippen molar-refractivity contribution in [2.45, 2.75) is 20.3 Å². The predicted molar refractivity (Wildman–Crippen MR) is 72.8 cm³/mol. The fraction of sp³-hybridized carbons (Fsp3) is 0.462. The Bertz CT molecular complexity index is 486. The average Bonchev–Trinajstić information content (AvgIpc) is 2.34. The van der Waals surface area contributed by atoms with Gasteiger partial charge in [0, 0.05) is 25.7 Å². The van der Waals surface area contributed by atoms with E-state index in [2.05, 4.69) is 13.8 Å². The van der Waals surface area contributed by atoms with Crippen LogP contribution in [0.5, 0.6) is 0 Å². The van der Waals surface area contributed by atoms with Crippen LogP contribution < -0.4 is 4.90 Å². The molecule has 1 aromatic rings. The Kier molecular flexibility index (Phi) is 4.86. The molecule has 0 heterocycles. The Labute approximate surface area is 111 Å². The summed E-state index contributed by atoms with van der Waals surface area (Å²) >= 11 is 0. The summed E-state index contributed by atoms with van der Waals surface area (Å²) in [4.78, 5) is 23.1. The number of hydrogen-bond acceptors (Lipinski definition) is 4. The highest BCUT2D eigenvalue weighted by molar-refractivity contribution is 5.95. The highest BCUT2D eigenvalue weighted by atomic mass is 16.6. The number of carboxylic acid groups (broad SMARTS) is 1. The summed E-state index contributed by atoms with van der Waals surface area (Å²) in [6.07, 6.45) is 0.887. The first-order chi connectivity index (χ1) is 8.82. The van der Waals surface area contributed by atoms with Crippen LogP contribution in [0.25, 0.3) is 0 Å². The lowest BCUT2D eigenvalue weighted by Crippen LogP contribution is -2.22. The summed E-state index contributed by atoms with van der Waals surface area (Å²) < 4.78 is 0. The van der Waals surface area contributed by atoms with Gasteiger partial charge in [-0.2, -0.15) is 0 Å². The van der Waals surface area contributed by atoms with Crippen LogP contribution in [0, 0.1) is 16.0 Å². The number of carboxylic acids is 1. The molecule has 6 heteroatoms. The first-order valence-corrected chi connectivity index (χ1v) is 6.05. The van der Waals surface area contributed by atoms with Crippen molar-refractivity contribution >= 4 is 17.3 Å². The zero-order valence-electron chi connectivity index (χ0n) is 11.3. The van der Waals surface area contributed by atoms with Crippen molar-refractivity contribution in [1.29, 1.82) is 0 Å². The Morgan fingerprint density at radius 3 is 2.58 bits per heavy atom. The second-order valence-corrected chi connectivity index (χ2v) is 4.87. The van der Waals surface area contributed by atoms with Crippen LogP contribution in [0.15, 0.2) is 18.2 Å². The van der Waals surface area contributed by atoms with Gasteiger partial charge >= 0.3 is 5.97 Å². The largest absolute Gasteiger partial charge is 0.478 e. The highest BCUT2D eigenvalue weighted by Crippen LogP contribution is 2.26. The number of anilines is 1. The molecular weight excluding hydrogens is 248 g/mol. The lowest BCUT2D eigenvalue weighted by molar-refractivity contribution is -0.384. The first-order valence-electron chi connectivity index (χ1n) is 6.05. The summed E-state index contributed by atoms with van der Waals surface area (Å²) in [7, 11) is 1.74. The van der Waals surface area contributed by atoms with Crippen molar-refractivity contribution < 1.29 is 14.8 Å². The minimum absolute atomic E-state index is 0.0804. The summed E-state index contributed by atoms with van der Waals surface area (Å²) in [5, 5.41) is 19.9. The monoisotopic (exact) mass is 266 g/mol. The third-order valence-electron chi connectivity index (χ3n) is 2.88. The summed E-state index contributed by atoms with van der Waals surface area (Å²) in [6, 6.07) is 3.80. The Morgan fingerprint density at radius 2 is 2.11 bits per heavy atom. The molecule has 0 radical (unpaired) electrons. The molecule has 104 valence electrons. The van der Waals surface area contributed by atoms with E-state index in [1.54, 1.807) is 11.9 Å². The van der Waals surface area contributed by atoms with Gasteiger partial charge in [0.25, 0.3) is 5.69 Å². The molecule has 0 unspecified atom stereocenters. The van der Waals surface area contributed by atoms with E-state index in [4.69, 9.17) is 5.11 Å². The average molecular weight is 266 g/mol. The molecule has 0 saturated carbocycles. The van der Waals surface area contributed by atoms with Gasteiger partial charge in [-0.05, 0) is 18.4 Å². The molecule has 0 amide bonds. The van der Waals surface area contributed by atoms with Crippen molar-refractivity contribution in [1.82, 2.24) is 0 Å². The Hall–Kier alpha value is -2.11. The van der Waals surface area contributed by atoms with Gasteiger partial charge in [0.05, 0.1) is 16.2 Å². The molecule has 6 nitrogen and oxygen atoms in total. The third kappa shape index (κ3) is 3.94. The highest BCUT2D eigenvalue weighted by Gasteiger charge is 2.18. The fourth-order valence-corrected chi connectivity index (χ4v) is 1.70. The van der Waals surface area contributed by atoms with Crippen LogP contribution in [0.4, 0.5) is 11.4 Å². The molecule has 0 spiro atoms. The molecule has 0 atom stereocenters. The predicted octanol–water partition coefficient (Wildman–Crippen LogP) is 2.78. The van der Waals surface area contributed by atoms with Gasteiger partial charge in [0.2, 0.25) is 0 Å². The standard InChI is InChI=1S/C13H18N2O4/c1-9(2)6-7-14(3)12-8-10(15(18)19)4-5-11(12)13(16)17/h4-5,8-9H,6-7H2,1-3H3,(H,16,17). The number of carbonyl (C=O) groups is 1. The van der Waals surface area contributed by atoms with Crippen molar-refractivity contribution in [3.63, 3.8) is 0 Å². The molecule has 0 saturated heterocycles. The van der Waals surface area contributed by atoms with Gasteiger partial charge in [-0.1, -0.05) is 13.8 Å². The molecule has 0 aliphatic carbocycles. The van der Waals surface area contributed by atoms with Crippen molar-refractivity contribution in [2.24, 2.45) is 5.92 Å². The molecule has 1 aromatic carbocycles. The van der Waals surface area contributed by atoms with Gasteiger partial charge < -0.3 is 10.0 Å². The number of nitrogens with zero attached hydrogens (tertiary/aromatic N) is 2. The van der Waals surface area contributed by atoms with E-state index < -0.39 is 10.9 Å². The third-order valence-corrected chi connectivity index (χ3v) is 2.88. The maximum Gasteiger partial charge on any atom is 0.337 e. The maximum absolute atomic E-state index is 11.1. The molecule has 0 aromatic heterocycles. The number of nitro benzene ring substituents is 1. The van der Waals surface area contributed by atoms with Crippen molar-refractivity contribution in [2.75, 3.05) is 18.5 Å². The number of benzene rings is 1. The van der Waals surface area contributed by atoms with Crippen LogP contribution in [-0.2, 0) is 0 Å². The zero-order chi connectivity index (χ0) is 14.6. The van der Waals surface area contributed by atoms with E-state index in [1.807, 2.05) is 0 Å². The first kappa shape index (κ1) is 14.9. The van der Waals surface area contributed by atoms with Crippen LogP contribution in [0.1, 0.15) is 30.6 Å². The van der Waals surface area contributed by atoms with Gasteiger partial charge in [-0.25, -0.2) is 4.79 Å². The quantitative estimate of drug-likeness (QED) is 0.632. The summed E-state index contributed by atoms with van der Waals surface area (Å²) in [6.45, 7) is 4.79. The number of aromatic carboxylic acids is 1. The molecule has 0 fully saturated rings. The van der Waals surface area contributed by atoms with Crippen LogP contribution in [0.2, 0.25) is 0 Å². The van der Waals surface area contributed by atoms with Crippen LogP contribution >= 0.6 is 0 Å². The van der Waals surface area contributed by atoms with E-state index in [0.717, 1.165) is 6.42 Å². The zero-order valence-corrected chi connectivity index (χ0v) is 11.3. The van der Waals surface area contributed by atoms with Crippen LogP contribution in [0.3, 0.4) is 0 Å². The SMILES string of the molecule is CC(C)CCN(C)c1cc([N+](=O)[O-])ccc1C(=O)O. The van der Waals surface area contributed by atoms with Crippen LogP contribution in [-0.4, -0.2) is 29.6 Å². The van der Waals surface area contributed by atoms with Crippen molar-refractivity contribution in [3.8, 4) is 0 Å². The molecule has 0 aliphatic rings. The van der Waals surface area contributed by atoms with Gasteiger partial charge in [-0.3, -0.25) is 10.1 Å². The minimum atomic E-state index is -1.08. The van der Waals surface area contributed by atoms with E-state index in [1.165, 1.54) is 18.2 Å². The van der Waals surface area contributed by atoms with Gasteiger partial charge in [-0.15, -0.1) is 0 Å². The smallest absolute Gasteiger partial charge is 0.337 e. The second-order valence-electron chi connectivity index (χ2n) is 4.87. The van der Waals surface area contributed by atoms with E-state index >= 15 is 0 Å². The fourth-order valence-electron chi connectivity index (χ4n) is 1.70. The van der Waals surface area contributed by atoms with E-state index in [9.17, 15) is 14.9 Å². The van der Waals surface area contributed by atoms with Crippen molar-refractivity contribution in [3.05, 3.63) is 33.9 Å². The molecule has 19 heavy (non-hydrogen) atoms. The van der Waals surface area contributed by atoms with Gasteiger partial charge in [0.1, 0.15) is 0 Å². The number of rotatable bonds is 6. The number of hydrogen-bond donors (Lipinski definition) is 1. The molecule has 0 bridgehead atoms. The van der Waals surface area contributed by atoms with E-state index in [0.29, 0.717) is 18.2 Å². The minimum Gasteiger partial charge on any atom is -0.478 e. The summed E-state index contributed by atoms with van der Waals surface area (Å²) in [5.41, 5.74) is 0.357. The molecular formula is C13H18N2O4.